The van der Waals surface area contributed by atoms with Gasteiger partial charge in [-0.15, -0.1) is 16.4 Å². The molecule has 1 aliphatic heterocycles. The zero-order chi connectivity index (χ0) is 25.2. The third kappa shape index (κ3) is 4.85. The van der Waals surface area contributed by atoms with E-state index in [4.69, 9.17) is 4.74 Å². The van der Waals surface area contributed by atoms with Gasteiger partial charge in [0.2, 0.25) is 5.91 Å². The summed E-state index contributed by atoms with van der Waals surface area (Å²) in [4.78, 5) is 45.5. The van der Waals surface area contributed by atoms with Crippen LogP contribution < -0.4 is 10.9 Å². The number of rotatable bonds is 6. The van der Waals surface area contributed by atoms with Crippen LogP contribution in [0.25, 0.3) is 10.2 Å². The monoisotopic (exact) mass is 507 g/mol. The van der Waals surface area contributed by atoms with Gasteiger partial charge in [-0.05, 0) is 38.0 Å². The molecule has 3 aromatic heterocycles. The molecule has 0 bridgehead atoms. The minimum Gasteiger partial charge on any atom is -0.450 e. The quantitative estimate of drug-likeness (QED) is 0.425. The summed E-state index contributed by atoms with van der Waals surface area (Å²) < 4.78 is 8.04. The van der Waals surface area contributed by atoms with E-state index in [1.165, 1.54) is 26.9 Å². The second-order valence-corrected chi connectivity index (χ2v) is 9.64. The maximum Gasteiger partial charge on any atom is 0.410 e. The van der Waals surface area contributed by atoms with E-state index in [9.17, 15) is 14.4 Å². The van der Waals surface area contributed by atoms with E-state index >= 15 is 0 Å². The summed E-state index contributed by atoms with van der Waals surface area (Å²) in [5.41, 5.74) is 3.14. The summed E-state index contributed by atoms with van der Waals surface area (Å²) in [6.45, 7) is 5.16. The highest BCUT2D eigenvalue weighted by Crippen LogP contribution is 2.32. The van der Waals surface area contributed by atoms with Gasteiger partial charge >= 0.3 is 6.09 Å². The van der Waals surface area contributed by atoms with Crippen LogP contribution in [0.5, 0.6) is 0 Å². The molecule has 186 valence electrons. The Kier molecular flexibility index (Phi) is 6.51. The van der Waals surface area contributed by atoms with E-state index in [1.807, 2.05) is 31.2 Å². The van der Waals surface area contributed by atoms with Gasteiger partial charge in [-0.25, -0.2) is 14.5 Å². The summed E-state index contributed by atoms with van der Waals surface area (Å²) in [7, 11) is 0. The van der Waals surface area contributed by atoms with Crippen LogP contribution in [0.4, 0.5) is 10.5 Å². The van der Waals surface area contributed by atoms with E-state index in [2.05, 4.69) is 20.6 Å². The summed E-state index contributed by atoms with van der Waals surface area (Å²) in [6.07, 6.45) is 3.37. The van der Waals surface area contributed by atoms with Crippen LogP contribution in [0.2, 0.25) is 0 Å². The lowest BCUT2D eigenvalue weighted by atomic mass is 10.1. The van der Waals surface area contributed by atoms with Crippen molar-refractivity contribution >= 4 is 39.2 Å². The number of ether oxygens (including phenoxy) is 1. The van der Waals surface area contributed by atoms with Crippen LogP contribution in [-0.2, 0) is 35.6 Å². The highest BCUT2D eigenvalue weighted by Gasteiger charge is 2.27. The largest absolute Gasteiger partial charge is 0.450 e. The molecule has 0 aliphatic carbocycles. The number of aromatic nitrogens is 5. The predicted molar refractivity (Wildman–Crippen MR) is 134 cm³/mol. The SMILES string of the molecule is CCOC(=O)N1CCc2c(sc3ncn(Cc4cn(CC(=O)Nc5ccc(C)cc5)nn4)c(=O)c23)C1. The normalized spacial score (nSPS) is 13.0. The van der Waals surface area contributed by atoms with E-state index < -0.39 is 0 Å². The number of carbonyl (C=O) groups excluding carboxylic acids is 2. The van der Waals surface area contributed by atoms with Gasteiger partial charge in [-0.3, -0.25) is 14.2 Å². The molecule has 4 aromatic rings. The van der Waals surface area contributed by atoms with Crippen LogP contribution in [0.3, 0.4) is 0 Å². The number of hydrogen-bond donors (Lipinski definition) is 1. The molecule has 1 aromatic carbocycles. The highest BCUT2D eigenvalue weighted by molar-refractivity contribution is 7.18. The minimum atomic E-state index is -0.346. The van der Waals surface area contributed by atoms with Crippen molar-refractivity contribution < 1.29 is 14.3 Å². The summed E-state index contributed by atoms with van der Waals surface area (Å²) in [6, 6.07) is 7.53. The van der Waals surface area contributed by atoms with E-state index in [1.54, 1.807) is 18.0 Å². The number of aryl methyl sites for hydroxylation is 1. The molecule has 0 unspecified atom stereocenters. The molecule has 36 heavy (non-hydrogen) atoms. The van der Waals surface area contributed by atoms with Crippen LogP contribution in [0.1, 0.15) is 28.6 Å². The molecule has 0 atom stereocenters. The van der Waals surface area contributed by atoms with Gasteiger partial charge in [0, 0.05) is 17.1 Å². The molecule has 4 heterocycles. The number of hydrogen-bond acceptors (Lipinski definition) is 8. The van der Waals surface area contributed by atoms with Crippen LogP contribution in [0.15, 0.2) is 41.6 Å². The maximum absolute atomic E-state index is 13.3. The van der Waals surface area contributed by atoms with Crippen molar-refractivity contribution in [2.45, 2.75) is 39.9 Å². The van der Waals surface area contributed by atoms with Crippen molar-refractivity contribution in [2.24, 2.45) is 0 Å². The summed E-state index contributed by atoms with van der Waals surface area (Å²) in [5, 5.41) is 11.6. The molecular weight excluding hydrogens is 482 g/mol. The Bertz CT molecular complexity index is 1490. The third-order valence-electron chi connectivity index (χ3n) is 5.91. The predicted octanol–water partition coefficient (Wildman–Crippen LogP) is 2.56. The number of benzene rings is 1. The molecular formula is C24H25N7O4S. The van der Waals surface area contributed by atoms with Gasteiger partial charge in [0.25, 0.3) is 5.56 Å². The Morgan fingerprint density at radius 2 is 2.03 bits per heavy atom. The number of anilines is 1. The molecule has 0 saturated heterocycles. The second kappa shape index (κ2) is 9.90. The molecule has 2 amide bonds. The summed E-state index contributed by atoms with van der Waals surface area (Å²) in [5.74, 6) is -0.225. The Hall–Kier alpha value is -4.06. The number of nitrogens with one attached hydrogen (secondary N) is 1. The third-order valence-corrected chi connectivity index (χ3v) is 7.04. The fourth-order valence-electron chi connectivity index (χ4n) is 4.15. The zero-order valence-corrected chi connectivity index (χ0v) is 20.7. The first kappa shape index (κ1) is 23.7. The Morgan fingerprint density at radius 3 is 2.81 bits per heavy atom. The van der Waals surface area contributed by atoms with Crippen molar-refractivity contribution in [1.29, 1.82) is 0 Å². The van der Waals surface area contributed by atoms with Crippen LogP contribution in [-0.4, -0.2) is 54.6 Å². The van der Waals surface area contributed by atoms with Gasteiger partial charge in [0.1, 0.15) is 17.1 Å². The Balaban J connectivity index is 1.29. The smallest absolute Gasteiger partial charge is 0.410 e. The Labute approximate surface area is 210 Å². The van der Waals surface area contributed by atoms with Crippen molar-refractivity contribution in [2.75, 3.05) is 18.5 Å². The Morgan fingerprint density at radius 1 is 1.22 bits per heavy atom. The van der Waals surface area contributed by atoms with E-state index in [0.29, 0.717) is 47.7 Å². The molecule has 1 N–H and O–H groups in total. The van der Waals surface area contributed by atoms with Crippen LogP contribution in [0, 0.1) is 6.92 Å². The first-order chi connectivity index (χ1) is 17.4. The van der Waals surface area contributed by atoms with Gasteiger partial charge in [0.15, 0.2) is 0 Å². The van der Waals surface area contributed by atoms with Crippen molar-refractivity contribution in [1.82, 2.24) is 29.4 Å². The fourth-order valence-corrected chi connectivity index (χ4v) is 5.34. The first-order valence-electron chi connectivity index (χ1n) is 11.6. The van der Waals surface area contributed by atoms with Crippen molar-refractivity contribution in [3.05, 3.63) is 68.8 Å². The molecule has 0 saturated carbocycles. The number of fused-ring (bicyclic) bond motifs is 3. The number of carbonyl (C=O) groups is 2. The number of thiophene rings is 1. The molecule has 12 heteroatoms. The van der Waals surface area contributed by atoms with Gasteiger partial charge < -0.3 is 15.0 Å². The summed E-state index contributed by atoms with van der Waals surface area (Å²) >= 11 is 1.43. The molecule has 11 nitrogen and oxygen atoms in total. The van der Waals surface area contributed by atoms with E-state index in [-0.39, 0.29) is 30.6 Å². The number of nitrogens with zero attached hydrogens (tertiary/aromatic N) is 6. The average Bonchev–Trinajstić information content (AvgIpc) is 3.46. The lowest BCUT2D eigenvalue weighted by Crippen LogP contribution is -2.36. The van der Waals surface area contributed by atoms with Gasteiger partial charge in [0.05, 0.1) is 37.6 Å². The molecule has 5 rings (SSSR count). The zero-order valence-electron chi connectivity index (χ0n) is 19.9. The topological polar surface area (TPSA) is 124 Å². The minimum absolute atomic E-state index is 0.00205. The maximum atomic E-state index is 13.3. The molecule has 0 fully saturated rings. The van der Waals surface area contributed by atoms with Gasteiger partial charge in [-0.1, -0.05) is 22.9 Å². The van der Waals surface area contributed by atoms with Gasteiger partial charge in [-0.2, -0.15) is 0 Å². The highest BCUT2D eigenvalue weighted by atomic mass is 32.1. The van der Waals surface area contributed by atoms with E-state index in [0.717, 1.165) is 16.0 Å². The molecule has 1 aliphatic rings. The number of amides is 2. The first-order valence-corrected chi connectivity index (χ1v) is 12.4. The molecule has 0 radical (unpaired) electrons. The van der Waals surface area contributed by atoms with Crippen molar-refractivity contribution in [3.8, 4) is 0 Å². The standard InChI is InChI=1S/C24H25N7O4S/c1-3-35-24(34)29-9-8-18-19(12-29)36-22-21(18)23(33)30(14-25-22)10-17-11-31(28-27-17)13-20(32)26-16-6-4-15(2)5-7-16/h4-7,11,14H,3,8-10,12-13H2,1-2H3,(H,26,32). The second-order valence-electron chi connectivity index (χ2n) is 8.55. The average molecular weight is 508 g/mol. The lowest BCUT2D eigenvalue weighted by molar-refractivity contribution is -0.116. The fraction of sp³-hybridized carbons (Fsp3) is 0.333. The lowest BCUT2D eigenvalue weighted by Gasteiger charge is -2.25. The van der Waals surface area contributed by atoms with Crippen molar-refractivity contribution in [3.63, 3.8) is 0 Å². The van der Waals surface area contributed by atoms with Crippen LogP contribution >= 0.6 is 11.3 Å². The molecule has 0 spiro atoms.